The number of pyridine rings is 1. The van der Waals surface area contributed by atoms with Gasteiger partial charge in [0.25, 0.3) is 5.91 Å². The van der Waals surface area contributed by atoms with Crippen molar-refractivity contribution in [2.24, 2.45) is 0 Å². The fourth-order valence-corrected chi connectivity index (χ4v) is 2.27. The molecular formula is C20H13N3O4. The van der Waals surface area contributed by atoms with E-state index < -0.39 is 11.9 Å². The van der Waals surface area contributed by atoms with E-state index in [1.54, 1.807) is 48.5 Å². The summed E-state index contributed by atoms with van der Waals surface area (Å²) >= 11 is 0. The first-order chi connectivity index (χ1) is 13.0. The van der Waals surface area contributed by atoms with Crippen LogP contribution in [0, 0.1) is 11.3 Å². The molecular weight excluding hydrogens is 346 g/mol. The Morgan fingerprint density at radius 3 is 2.52 bits per heavy atom. The molecule has 0 aliphatic carbocycles. The van der Waals surface area contributed by atoms with Crippen LogP contribution in [0.4, 0.5) is 5.69 Å². The lowest BCUT2D eigenvalue weighted by atomic mass is 10.2. The minimum atomic E-state index is -1.17. The lowest BCUT2D eigenvalue weighted by Gasteiger charge is -2.08. The first-order valence-electron chi connectivity index (χ1n) is 7.84. The van der Waals surface area contributed by atoms with E-state index in [1.165, 1.54) is 18.3 Å². The highest BCUT2D eigenvalue weighted by Gasteiger charge is 2.10. The Hall–Kier alpha value is -4.18. The number of nitrogens with zero attached hydrogens (tertiary/aromatic N) is 2. The smallest absolute Gasteiger partial charge is 0.354 e. The molecule has 7 heteroatoms. The number of benzene rings is 2. The second-order valence-electron chi connectivity index (χ2n) is 5.46. The van der Waals surface area contributed by atoms with Crippen molar-refractivity contribution in [3.63, 3.8) is 0 Å². The predicted molar refractivity (Wildman–Crippen MR) is 96.8 cm³/mol. The number of anilines is 1. The van der Waals surface area contributed by atoms with Crippen LogP contribution in [-0.4, -0.2) is 22.0 Å². The third kappa shape index (κ3) is 4.46. The third-order valence-electron chi connectivity index (χ3n) is 3.55. The maximum atomic E-state index is 12.3. The molecule has 3 rings (SSSR count). The van der Waals surface area contributed by atoms with Crippen LogP contribution in [0.1, 0.15) is 26.4 Å². The molecule has 0 atom stereocenters. The quantitative estimate of drug-likeness (QED) is 0.718. The zero-order valence-electron chi connectivity index (χ0n) is 13.9. The van der Waals surface area contributed by atoms with Crippen LogP contribution < -0.4 is 10.1 Å². The molecule has 2 aromatic carbocycles. The van der Waals surface area contributed by atoms with Gasteiger partial charge in [-0.1, -0.05) is 6.07 Å². The van der Waals surface area contributed by atoms with Crippen LogP contribution in [0.5, 0.6) is 11.5 Å². The number of hydrogen-bond acceptors (Lipinski definition) is 5. The molecule has 1 aromatic heterocycles. The lowest BCUT2D eigenvalue weighted by Crippen LogP contribution is -2.12. The number of aromatic nitrogens is 1. The Bertz CT molecular complexity index is 1040. The van der Waals surface area contributed by atoms with Crippen molar-refractivity contribution in [2.75, 3.05) is 5.32 Å². The van der Waals surface area contributed by atoms with Crippen LogP contribution >= 0.6 is 0 Å². The van der Waals surface area contributed by atoms with Gasteiger partial charge >= 0.3 is 5.97 Å². The molecule has 0 saturated heterocycles. The minimum Gasteiger partial charge on any atom is -0.477 e. The molecule has 0 aliphatic rings. The molecule has 7 nitrogen and oxygen atoms in total. The summed E-state index contributed by atoms with van der Waals surface area (Å²) < 4.78 is 5.66. The zero-order valence-corrected chi connectivity index (χ0v) is 13.9. The van der Waals surface area contributed by atoms with Crippen LogP contribution in [0.3, 0.4) is 0 Å². The number of aromatic carboxylic acids is 1. The molecule has 3 aromatic rings. The highest BCUT2D eigenvalue weighted by atomic mass is 16.5. The van der Waals surface area contributed by atoms with E-state index in [4.69, 9.17) is 15.1 Å². The maximum Gasteiger partial charge on any atom is 0.354 e. The van der Waals surface area contributed by atoms with Crippen molar-refractivity contribution in [1.82, 2.24) is 4.98 Å². The Balaban J connectivity index is 1.69. The molecule has 0 spiro atoms. The number of carboxylic acid groups (broad SMARTS) is 1. The second kappa shape index (κ2) is 7.80. The van der Waals surface area contributed by atoms with Crippen molar-refractivity contribution in [3.05, 3.63) is 83.7 Å². The van der Waals surface area contributed by atoms with E-state index in [9.17, 15) is 9.59 Å². The number of nitrogens with one attached hydrogen (secondary N) is 1. The molecule has 0 radical (unpaired) electrons. The summed E-state index contributed by atoms with van der Waals surface area (Å²) in [5, 5.41) is 20.5. The summed E-state index contributed by atoms with van der Waals surface area (Å²) in [6.07, 6.45) is 1.31. The average molecular weight is 359 g/mol. The normalized spacial score (nSPS) is 9.89. The SMILES string of the molecule is N#Cc1cccc(Oc2ccc(C(=O)Nc3ccnc(C(=O)O)c3)cc2)c1. The van der Waals surface area contributed by atoms with Crippen molar-refractivity contribution >= 4 is 17.6 Å². The Morgan fingerprint density at radius 1 is 1.04 bits per heavy atom. The van der Waals surface area contributed by atoms with Gasteiger partial charge in [-0.25, -0.2) is 9.78 Å². The highest BCUT2D eigenvalue weighted by Crippen LogP contribution is 2.23. The van der Waals surface area contributed by atoms with E-state index in [0.29, 0.717) is 28.3 Å². The summed E-state index contributed by atoms with van der Waals surface area (Å²) in [5.41, 5.74) is 1.04. The summed E-state index contributed by atoms with van der Waals surface area (Å²) in [6, 6.07) is 18.0. The topological polar surface area (TPSA) is 112 Å². The molecule has 132 valence electrons. The predicted octanol–water partition coefficient (Wildman–Crippen LogP) is 3.70. The number of amides is 1. The molecule has 0 aliphatic heterocycles. The van der Waals surface area contributed by atoms with Crippen molar-refractivity contribution in [1.29, 1.82) is 5.26 Å². The van der Waals surface area contributed by atoms with Crippen LogP contribution in [0.15, 0.2) is 66.9 Å². The molecule has 2 N–H and O–H groups in total. The number of carbonyl (C=O) groups is 2. The largest absolute Gasteiger partial charge is 0.477 e. The van der Waals surface area contributed by atoms with Crippen molar-refractivity contribution in [3.8, 4) is 17.6 Å². The molecule has 1 amide bonds. The van der Waals surface area contributed by atoms with E-state index in [1.807, 2.05) is 6.07 Å². The molecule has 0 saturated carbocycles. The van der Waals surface area contributed by atoms with Crippen LogP contribution in [0.2, 0.25) is 0 Å². The van der Waals surface area contributed by atoms with Crippen LogP contribution in [0.25, 0.3) is 0 Å². The van der Waals surface area contributed by atoms with E-state index in [0.717, 1.165) is 0 Å². The fraction of sp³-hybridized carbons (Fsp3) is 0. The number of rotatable bonds is 5. The first kappa shape index (κ1) is 17.6. The first-order valence-corrected chi connectivity index (χ1v) is 7.84. The van der Waals surface area contributed by atoms with Gasteiger partial charge in [0, 0.05) is 17.4 Å². The summed E-state index contributed by atoms with van der Waals surface area (Å²) in [4.78, 5) is 26.9. The zero-order chi connectivity index (χ0) is 19.2. The maximum absolute atomic E-state index is 12.3. The molecule has 0 bridgehead atoms. The fourth-order valence-electron chi connectivity index (χ4n) is 2.27. The summed E-state index contributed by atoms with van der Waals surface area (Å²) in [7, 11) is 0. The lowest BCUT2D eigenvalue weighted by molar-refractivity contribution is 0.0690. The van der Waals surface area contributed by atoms with Crippen molar-refractivity contribution in [2.45, 2.75) is 0 Å². The Kier molecular flexibility index (Phi) is 5.10. The van der Waals surface area contributed by atoms with Crippen LogP contribution in [-0.2, 0) is 0 Å². The average Bonchev–Trinajstić information content (AvgIpc) is 2.69. The van der Waals surface area contributed by atoms with Crippen molar-refractivity contribution < 1.29 is 19.4 Å². The number of nitriles is 1. The van der Waals surface area contributed by atoms with Gasteiger partial charge in [-0.15, -0.1) is 0 Å². The van der Waals surface area contributed by atoms with E-state index in [-0.39, 0.29) is 5.69 Å². The molecule has 0 unspecified atom stereocenters. The number of ether oxygens (including phenoxy) is 1. The highest BCUT2D eigenvalue weighted by molar-refractivity contribution is 6.04. The van der Waals surface area contributed by atoms with Gasteiger partial charge in [0.1, 0.15) is 17.2 Å². The molecule has 0 fully saturated rings. The Labute approximate surface area is 154 Å². The molecule has 27 heavy (non-hydrogen) atoms. The second-order valence-corrected chi connectivity index (χ2v) is 5.46. The van der Waals surface area contributed by atoms with Gasteiger partial charge in [0.05, 0.1) is 11.6 Å². The summed E-state index contributed by atoms with van der Waals surface area (Å²) in [5.74, 6) is -0.536. The van der Waals surface area contributed by atoms with Gasteiger partial charge in [-0.05, 0) is 54.6 Å². The number of hydrogen-bond donors (Lipinski definition) is 2. The number of carboxylic acids is 1. The Morgan fingerprint density at radius 2 is 1.81 bits per heavy atom. The van der Waals surface area contributed by atoms with Gasteiger partial charge in [-0.3, -0.25) is 4.79 Å². The van der Waals surface area contributed by atoms with E-state index in [2.05, 4.69) is 10.3 Å². The van der Waals surface area contributed by atoms with Gasteiger partial charge in [0.15, 0.2) is 0 Å². The monoisotopic (exact) mass is 359 g/mol. The van der Waals surface area contributed by atoms with Gasteiger partial charge in [0.2, 0.25) is 0 Å². The van der Waals surface area contributed by atoms with E-state index >= 15 is 0 Å². The standard InChI is InChI=1S/C20H13N3O4/c21-12-13-2-1-3-17(10-13)27-16-6-4-14(5-7-16)19(24)23-15-8-9-22-18(11-15)20(25)26/h1-11H,(H,25,26)(H,22,23,24). The number of carbonyl (C=O) groups excluding carboxylic acids is 1. The summed E-state index contributed by atoms with van der Waals surface area (Å²) in [6.45, 7) is 0. The third-order valence-corrected chi connectivity index (χ3v) is 3.55. The minimum absolute atomic E-state index is 0.156. The molecule has 1 heterocycles. The van der Waals surface area contributed by atoms with Gasteiger partial charge in [-0.2, -0.15) is 5.26 Å². The van der Waals surface area contributed by atoms with Gasteiger partial charge < -0.3 is 15.2 Å².